The molecule has 0 unspecified atom stereocenters. The largest absolute Gasteiger partial charge is 0.347 e. The lowest BCUT2D eigenvalue weighted by molar-refractivity contribution is 0.0772. The van der Waals surface area contributed by atoms with Gasteiger partial charge in [-0.3, -0.25) is 4.79 Å². The van der Waals surface area contributed by atoms with Crippen LogP contribution in [-0.2, 0) is 0 Å². The van der Waals surface area contributed by atoms with Crippen molar-refractivity contribution in [3.05, 3.63) is 23.8 Å². The molecule has 1 N–H and O–H groups in total. The van der Waals surface area contributed by atoms with Crippen LogP contribution in [0.25, 0.3) is 10.2 Å². The molecule has 1 aliphatic carbocycles. The Morgan fingerprint density at radius 3 is 3.00 bits per heavy atom. The van der Waals surface area contributed by atoms with Gasteiger partial charge in [0.2, 0.25) is 0 Å². The van der Waals surface area contributed by atoms with Gasteiger partial charge in [0.05, 0.1) is 4.70 Å². The average Bonchev–Trinajstić information content (AvgIpc) is 2.73. The molecule has 5 heteroatoms. The van der Waals surface area contributed by atoms with Crippen LogP contribution in [0, 0.1) is 5.92 Å². The zero-order valence-electron chi connectivity index (χ0n) is 10.4. The number of aromatic nitrogens is 2. The SMILES string of the molecule is CC1CC(C)(NC(=O)c2ccc3snnc3c2)C1. The van der Waals surface area contributed by atoms with Gasteiger partial charge >= 0.3 is 0 Å². The van der Waals surface area contributed by atoms with E-state index in [1.54, 1.807) is 6.07 Å². The minimum atomic E-state index is -0.0359. The first-order chi connectivity index (χ1) is 8.56. The summed E-state index contributed by atoms with van der Waals surface area (Å²) in [5, 5.41) is 7.11. The zero-order valence-corrected chi connectivity index (χ0v) is 11.3. The summed E-state index contributed by atoms with van der Waals surface area (Å²) in [7, 11) is 0. The van der Waals surface area contributed by atoms with Gasteiger partial charge in [0.15, 0.2) is 0 Å². The fourth-order valence-corrected chi connectivity index (χ4v) is 3.39. The van der Waals surface area contributed by atoms with Gasteiger partial charge < -0.3 is 5.32 Å². The van der Waals surface area contributed by atoms with Crippen molar-refractivity contribution in [2.75, 3.05) is 0 Å². The molecule has 0 atom stereocenters. The Balaban J connectivity index is 1.79. The van der Waals surface area contributed by atoms with Gasteiger partial charge in [-0.15, -0.1) is 5.10 Å². The third-order valence-corrected chi connectivity index (χ3v) is 4.23. The fourth-order valence-electron chi connectivity index (χ4n) is 2.85. The molecule has 4 nitrogen and oxygen atoms in total. The molecule has 3 rings (SSSR count). The Morgan fingerprint density at radius 2 is 2.28 bits per heavy atom. The van der Waals surface area contributed by atoms with Crippen molar-refractivity contribution in [3.63, 3.8) is 0 Å². The third kappa shape index (κ3) is 1.99. The van der Waals surface area contributed by atoms with E-state index in [1.807, 2.05) is 12.1 Å². The van der Waals surface area contributed by atoms with E-state index in [1.165, 1.54) is 11.5 Å². The summed E-state index contributed by atoms with van der Waals surface area (Å²) < 4.78 is 4.88. The molecule has 1 aromatic carbocycles. The Bertz CT molecular complexity index is 601. The number of carbonyl (C=O) groups is 1. The summed E-state index contributed by atoms with van der Waals surface area (Å²) in [6.45, 7) is 4.31. The number of benzene rings is 1. The van der Waals surface area contributed by atoms with Gasteiger partial charge in [0.1, 0.15) is 5.52 Å². The van der Waals surface area contributed by atoms with Gasteiger partial charge in [0, 0.05) is 11.1 Å². The summed E-state index contributed by atoms with van der Waals surface area (Å²) in [6.07, 6.45) is 2.11. The number of carbonyl (C=O) groups excluding carboxylic acids is 1. The molecule has 0 saturated heterocycles. The molecule has 1 aromatic heterocycles. The van der Waals surface area contributed by atoms with Crippen molar-refractivity contribution in [2.24, 2.45) is 5.92 Å². The van der Waals surface area contributed by atoms with Gasteiger partial charge in [-0.2, -0.15) is 0 Å². The monoisotopic (exact) mass is 261 g/mol. The highest BCUT2D eigenvalue weighted by atomic mass is 32.1. The van der Waals surface area contributed by atoms with Crippen LogP contribution in [0.15, 0.2) is 18.2 Å². The van der Waals surface area contributed by atoms with E-state index in [0.717, 1.165) is 23.1 Å². The summed E-state index contributed by atoms with van der Waals surface area (Å²) in [5.41, 5.74) is 1.42. The molecule has 0 radical (unpaired) electrons. The number of nitrogens with one attached hydrogen (secondary N) is 1. The molecular weight excluding hydrogens is 246 g/mol. The minimum Gasteiger partial charge on any atom is -0.347 e. The minimum absolute atomic E-state index is 0.0145. The van der Waals surface area contributed by atoms with E-state index in [-0.39, 0.29) is 11.4 Å². The number of amides is 1. The second-order valence-electron chi connectivity index (χ2n) is 5.48. The predicted molar refractivity (Wildman–Crippen MR) is 71.7 cm³/mol. The first-order valence-electron chi connectivity index (χ1n) is 6.10. The van der Waals surface area contributed by atoms with Gasteiger partial charge in [-0.1, -0.05) is 11.4 Å². The normalized spacial score (nSPS) is 26.9. The summed E-state index contributed by atoms with van der Waals surface area (Å²) >= 11 is 1.34. The molecule has 1 amide bonds. The van der Waals surface area contributed by atoms with Crippen LogP contribution in [0.4, 0.5) is 0 Å². The lowest BCUT2D eigenvalue weighted by atomic mass is 9.70. The first kappa shape index (κ1) is 11.6. The highest BCUT2D eigenvalue weighted by molar-refractivity contribution is 7.12. The lowest BCUT2D eigenvalue weighted by Crippen LogP contribution is -2.54. The quantitative estimate of drug-likeness (QED) is 0.904. The van der Waals surface area contributed by atoms with Gasteiger partial charge in [0.25, 0.3) is 5.91 Å². The molecule has 1 fully saturated rings. The van der Waals surface area contributed by atoms with Crippen LogP contribution in [0.5, 0.6) is 0 Å². The first-order valence-corrected chi connectivity index (χ1v) is 6.88. The van der Waals surface area contributed by atoms with Crippen LogP contribution in [0.2, 0.25) is 0 Å². The maximum absolute atomic E-state index is 12.2. The van der Waals surface area contributed by atoms with Crippen molar-refractivity contribution in [1.82, 2.24) is 14.9 Å². The molecule has 1 heterocycles. The van der Waals surface area contributed by atoms with E-state index in [4.69, 9.17) is 0 Å². The molecule has 0 aliphatic heterocycles. The molecule has 1 saturated carbocycles. The molecular formula is C13H15N3OS. The third-order valence-electron chi connectivity index (χ3n) is 3.52. The van der Waals surface area contributed by atoms with Crippen molar-refractivity contribution in [1.29, 1.82) is 0 Å². The number of hydrogen-bond donors (Lipinski definition) is 1. The highest BCUT2D eigenvalue weighted by Gasteiger charge is 2.38. The van der Waals surface area contributed by atoms with E-state index in [9.17, 15) is 4.79 Å². The fraction of sp³-hybridized carbons (Fsp3) is 0.462. The Kier molecular flexibility index (Phi) is 2.59. The lowest BCUT2D eigenvalue weighted by Gasteiger charge is -2.44. The van der Waals surface area contributed by atoms with Crippen molar-refractivity contribution >= 4 is 27.7 Å². The highest BCUT2D eigenvalue weighted by Crippen LogP contribution is 2.37. The smallest absolute Gasteiger partial charge is 0.251 e. The summed E-state index contributed by atoms with van der Waals surface area (Å²) in [6, 6.07) is 5.54. The van der Waals surface area contributed by atoms with Crippen molar-refractivity contribution in [2.45, 2.75) is 32.2 Å². The molecule has 94 valence electrons. The topological polar surface area (TPSA) is 54.9 Å². The summed E-state index contributed by atoms with van der Waals surface area (Å²) in [5.74, 6) is 0.694. The van der Waals surface area contributed by atoms with Crippen LogP contribution < -0.4 is 5.32 Å². The van der Waals surface area contributed by atoms with Crippen LogP contribution in [0.1, 0.15) is 37.0 Å². The number of rotatable bonds is 2. The molecule has 1 aliphatic rings. The molecule has 0 bridgehead atoms. The van der Waals surface area contributed by atoms with Crippen molar-refractivity contribution < 1.29 is 4.79 Å². The Morgan fingerprint density at radius 1 is 1.50 bits per heavy atom. The Labute approximate surface area is 110 Å². The second kappa shape index (κ2) is 4.02. The Hall–Kier alpha value is -1.49. The van der Waals surface area contributed by atoms with Crippen LogP contribution in [-0.4, -0.2) is 21.0 Å². The van der Waals surface area contributed by atoms with E-state index < -0.39 is 0 Å². The van der Waals surface area contributed by atoms with Crippen LogP contribution in [0.3, 0.4) is 0 Å². The molecule has 18 heavy (non-hydrogen) atoms. The zero-order chi connectivity index (χ0) is 12.8. The maximum atomic E-state index is 12.2. The maximum Gasteiger partial charge on any atom is 0.251 e. The van der Waals surface area contributed by atoms with E-state index >= 15 is 0 Å². The van der Waals surface area contributed by atoms with E-state index in [0.29, 0.717) is 11.5 Å². The van der Waals surface area contributed by atoms with Crippen LogP contribution >= 0.6 is 11.5 Å². The second-order valence-corrected chi connectivity index (χ2v) is 6.27. The summed E-state index contributed by atoms with van der Waals surface area (Å²) in [4.78, 5) is 12.2. The number of hydrogen-bond acceptors (Lipinski definition) is 4. The predicted octanol–water partition coefficient (Wildman–Crippen LogP) is 2.61. The molecule has 0 spiro atoms. The number of fused-ring (bicyclic) bond motifs is 1. The standard InChI is InChI=1S/C13H15N3OS/c1-8-6-13(2,7-8)14-12(17)9-3-4-11-10(5-9)15-16-18-11/h3-5,8H,6-7H2,1-2H3,(H,14,17). The van der Waals surface area contributed by atoms with Crippen molar-refractivity contribution in [3.8, 4) is 0 Å². The molecule has 2 aromatic rings. The van der Waals surface area contributed by atoms with Gasteiger partial charge in [-0.05, 0) is 55.4 Å². The van der Waals surface area contributed by atoms with Gasteiger partial charge in [-0.25, -0.2) is 0 Å². The average molecular weight is 261 g/mol. The van der Waals surface area contributed by atoms with E-state index in [2.05, 4.69) is 28.8 Å². The number of nitrogens with zero attached hydrogens (tertiary/aromatic N) is 2.